The molecule has 1 aliphatic rings. The first kappa shape index (κ1) is 22.9. The zero-order valence-corrected chi connectivity index (χ0v) is 17.7. The summed E-state index contributed by atoms with van der Waals surface area (Å²) in [5, 5.41) is 2.83. The molecule has 0 spiro atoms. The summed E-state index contributed by atoms with van der Waals surface area (Å²) in [6.07, 6.45) is 2.00. The van der Waals surface area contributed by atoms with Crippen molar-refractivity contribution in [3.63, 3.8) is 0 Å². The second kappa shape index (κ2) is 10.5. The molecule has 0 bridgehead atoms. The van der Waals surface area contributed by atoms with E-state index in [0.717, 1.165) is 18.4 Å². The third kappa shape index (κ3) is 6.89. The van der Waals surface area contributed by atoms with Crippen LogP contribution in [0.4, 0.5) is 13.2 Å². The predicted molar refractivity (Wildman–Crippen MR) is 111 cm³/mol. The van der Waals surface area contributed by atoms with Crippen LogP contribution in [0.2, 0.25) is 0 Å². The van der Waals surface area contributed by atoms with Crippen molar-refractivity contribution in [2.45, 2.75) is 52.4 Å². The summed E-state index contributed by atoms with van der Waals surface area (Å²) in [6.45, 7) is 1.76. The molecule has 2 aromatic carbocycles. The van der Waals surface area contributed by atoms with E-state index in [9.17, 15) is 18.0 Å². The molecule has 1 amide bonds. The molecule has 1 aliphatic carbocycles. The van der Waals surface area contributed by atoms with Gasteiger partial charge < -0.3 is 14.8 Å². The van der Waals surface area contributed by atoms with E-state index in [2.05, 4.69) is 10.1 Å². The zero-order valence-electron chi connectivity index (χ0n) is 17.7. The Kier molecular flexibility index (Phi) is 7.79. The van der Waals surface area contributed by atoms with Crippen LogP contribution in [-0.2, 0) is 17.9 Å². The normalized spacial score (nSPS) is 13.5. The topological polar surface area (TPSA) is 50.8 Å². The van der Waals surface area contributed by atoms with Gasteiger partial charge in [-0.2, -0.15) is 8.78 Å². The predicted octanol–water partition coefficient (Wildman–Crippen LogP) is 4.42. The van der Waals surface area contributed by atoms with E-state index in [-0.39, 0.29) is 36.3 Å². The number of benzene rings is 2. The molecule has 0 aliphatic heterocycles. The van der Waals surface area contributed by atoms with Crippen LogP contribution >= 0.6 is 0 Å². The lowest BCUT2D eigenvalue weighted by Gasteiger charge is -2.22. The standard InChI is InChI=1S/C23H27F3N2O3/c1-3-30-21-11-17(6-9-20(21)31-23(25)26)13-28(18-7-8-18)14-22(29)27-12-16-5-4-15(2)19(24)10-16/h4-6,9-11,18,23H,3,7-8,12-14H2,1-2H3,(H,27,29). The number of hydrogen-bond donors (Lipinski definition) is 1. The minimum atomic E-state index is -2.93. The van der Waals surface area contributed by atoms with Crippen molar-refractivity contribution in [3.8, 4) is 11.5 Å². The van der Waals surface area contributed by atoms with Crippen LogP contribution in [0.15, 0.2) is 36.4 Å². The Hall–Kier alpha value is -2.74. The number of ether oxygens (including phenoxy) is 2. The highest BCUT2D eigenvalue weighted by atomic mass is 19.3. The van der Waals surface area contributed by atoms with Crippen molar-refractivity contribution >= 4 is 5.91 Å². The Labute approximate surface area is 180 Å². The maximum Gasteiger partial charge on any atom is 0.387 e. The van der Waals surface area contributed by atoms with Gasteiger partial charge in [0.15, 0.2) is 11.5 Å². The van der Waals surface area contributed by atoms with Crippen molar-refractivity contribution < 1.29 is 27.4 Å². The molecule has 0 aromatic heterocycles. The SMILES string of the molecule is CCOc1cc(CN(CC(=O)NCc2ccc(C)c(F)c2)C2CC2)ccc1OC(F)F. The molecule has 1 fully saturated rings. The second-order valence-corrected chi connectivity index (χ2v) is 7.59. The number of nitrogens with one attached hydrogen (secondary N) is 1. The minimum Gasteiger partial charge on any atom is -0.490 e. The summed E-state index contributed by atoms with van der Waals surface area (Å²) in [7, 11) is 0. The molecule has 8 heteroatoms. The molecule has 0 radical (unpaired) electrons. The fourth-order valence-corrected chi connectivity index (χ4v) is 3.29. The van der Waals surface area contributed by atoms with Crippen LogP contribution in [0.3, 0.4) is 0 Å². The number of rotatable bonds is 11. The lowest BCUT2D eigenvalue weighted by atomic mass is 10.1. The number of aryl methyl sites for hydroxylation is 1. The lowest BCUT2D eigenvalue weighted by Crippen LogP contribution is -2.37. The van der Waals surface area contributed by atoms with E-state index in [1.807, 2.05) is 4.90 Å². The third-order valence-corrected chi connectivity index (χ3v) is 5.05. The Morgan fingerprint density at radius 1 is 1.16 bits per heavy atom. The smallest absolute Gasteiger partial charge is 0.387 e. The highest BCUT2D eigenvalue weighted by Gasteiger charge is 2.30. The first-order valence-electron chi connectivity index (χ1n) is 10.3. The van der Waals surface area contributed by atoms with Crippen LogP contribution < -0.4 is 14.8 Å². The van der Waals surface area contributed by atoms with Gasteiger partial charge in [-0.3, -0.25) is 9.69 Å². The molecular formula is C23H27F3N2O3. The molecular weight excluding hydrogens is 409 g/mol. The highest BCUT2D eigenvalue weighted by molar-refractivity contribution is 5.78. The molecule has 0 saturated heterocycles. The van der Waals surface area contributed by atoms with Crippen molar-refractivity contribution in [2.75, 3.05) is 13.2 Å². The maximum absolute atomic E-state index is 13.7. The van der Waals surface area contributed by atoms with Gasteiger partial charge in [0, 0.05) is 19.1 Å². The van der Waals surface area contributed by atoms with Gasteiger partial charge in [0.1, 0.15) is 5.82 Å². The van der Waals surface area contributed by atoms with E-state index in [0.29, 0.717) is 30.3 Å². The number of nitrogens with zero attached hydrogens (tertiary/aromatic N) is 1. The van der Waals surface area contributed by atoms with Crippen molar-refractivity contribution in [3.05, 3.63) is 58.9 Å². The zero-order chi connectivity index (χ0) is 22.4. The number of amides is 1. The molecule has 1 N–H and O–H groups in total. The average Bonchev–Trinajstić information content (AvgIpc) is 3.55. The quantitative estimate of drug-likeness (QED) is 0.567. The van der Waals surface area contributed by atoms with Crippen molar-refractivity contribution in [2.24, 2.45) is 0 Å². The molecule has 168 valence electrons. The van der Waals surface area contributed by atoms with Crippen LogP contribution in [0.1, 0.15) is 36.5 Å². The summed E-state index contributed by atoms with van der Waals surface area (Å²) in [6, 6.07) is 10.0. The van der Waals surface area contributed by atoms with Crippen molar-refractivity contribution in [1.29, 1.82) is 0 Å². The number of hydrogen-bond acceptors (Lipinski definition) is 4. The van der Waals surface area contributed by atoms with E-state index in [1.54, 1.807) is 38.1 Å². The van der Waals surface area contributed by atoms with Crippen LogP contribution in [0, 0.1) is 12.7 Å². The number of halogens is 3. The Morgan fingerprint density at radius 2 is 1.90 bits per heavy atom. The Morgan fingerprint density at radius 3 is 2.55 bits per heavy atom. The van der Waals surface area contributed by atoms with Gasteiger partial charge in [-0.25, -0.2) is 4.39 Å². The highest BCUT2D eigenvalue weighted by Crippen LogP contribution is 2.32. The van der Waals surface area contributed by atoms with Crippen LogP contribution in [0.25, 0.3) is 0 Å². The molecule has 0 unspecified atom stereocenters. The van der Waals surface area contributed by atoms with E-state index in [4.69, 9.17) is 4.74 Å². The van der Waals surface area contributed by atoms with Gasteiger partial charge in [0.05, 0.1) is 13.2 Å². The lowest BCUT2D eigenvalue weighted by molar-refractivity contribution is -0.122. The largest absolute Gasteiger partial charge is 0.490 e. The van der Waals surface area contributed by atoms with E-state index in [1.165, 1.54) is 12.1 Å². The van der Waals surface area contributed by atoms with Gasteiger partial charge in [0.25, 0.3) is 0 Å². The van der Waals surface area contributed by atoms with Crippen LogP contribution in [-0.4, -0.2) is 36.6 Å². The van der Waals surface area contributed by atoms with Gasteiger partial charge in [-0.1, -0.05) is 18.2 Å². The summed E-state index contributed by atoms with van der Waals surface area (Å²) in [4.78, 5) is 14.5. The number of carbonyl (C=O) groups is 1. The maximum atomic E-state index is 13.7. The van der Waals surface area contributed by atoms with Crippen molar-refractivity contribution in [1.82, 2.24) is 10.2 Å². The van der Waals surface area contributed by atoms with Gasteiger partial charge in [0.2, 0.25) is 5.91 Å². The Bertz CT molecular complexity index is 904. The molecule has 0 atom stereocenters. The number of alkyl halides is 2. The first-order valence-corrected chi connectivity index (χ1v) is 10.3. The monoisotopic (exact) mass is 436 g/mol. The van der Waals surface area contributed by atoms with Crippen LogP contribution in [0.5, 0.6) is 11.5 Å². The molecule has 5 nitrogen and oxygen atoms in total. The average molecular weight is 436 g/mol. The third-order valence-electron chi connectivity index (χ3n) is 5.05. The molecule has 0 heterocycles. The first-order chi connectivity index (χ1) is 14.9. The van der Waals surface area contributed by atoms with E-state index < -0.39 is 6.61 Å². The second-order valence-electron chi connectivity index (χ2n) is 7.59. The fourth-order valence-electron chi connectivity index (χ4n) is 3.29. The number of carbonyl (C=O) groups excluding carboxylic acids is 1. The molecule has 3 rings (SSSR count). The minimum absolute atomic E-state index is 0.0124. The molecule has 2 aromatic rings. The van der Waals surface area contributed by atoms with E-state index >= 15 is 0 Å². The fraction of sp³-hybridized carbons (Fsp3) is 0.435. The summed E-state index contributed by atoms with van der Waals surface area (Å²) >= 11 is 0. The molecule has 31 heavy (non-hydrogen) atoms. The summed E-state index contributed by atoms with van der Waals surface area (Å²) in [5.74, 6) is -0.213. The van der Waals surface area contributed by atoms with Gasteiger partial charge >= 0.3 is 6.61 Å². The van der Waals surface area contributed by atoms with Gasteiger partial charge in [-0.05, 0) is 61.6 Å². The van der Waals surface area contributed by atoms with Gasteiger partial charge in [-0.15, -0.1) is 0 Å². The summed E-state index contributed by atoms with van der Waals surface area (Å²) in [5.41, 5.74) is 2.10. The summed E-state index contributed by atoms with van der Waals surface area (Å²) < 4.78 is 48.8. The molecule has 1 saturated carbocycles. The Balaban J connectivity index is 1.61.